The lowest BCUT2D eigenvalue weighted by Crippen LogP contribution is -2.50. The van der Waals surface area contributed by atoms with Gasteiger partial charge in [0.05, 0.1) is 22.2 Å². The van der Waals surface area contributed by atoms with E-state index in [1.165, 1.54) is 0 Å². The summed E-state index contributed by atoms with van der Waals surface area (Å²) in [6.07, 6.45) is 2.21. The van der Waals surface area contributed by atoms with Crippen molar-refractivity contribution in [3.63, 3.8) is 0 Å². The maximum atomic E-state index is 11.7. The predicted octanol–water partition coefficient (Wildman–Crippen LogP) is 3.88. The Morgan fingerprint density at radius 2 is 1.81 bits per heavy atom. The van der Waals surface area contributed by atoms with Crippen LogP contribution in [-0.2, 0) is 20.5 Å². The maximum absolute atomic E-state index is 11.7. The van der Waals surface area contributed by atoms with Crippen molar-refractivity contribution >= 4 is 30.1 Å². The molecule has 0 atom stereocenters. The van der Waals surface area contributed by atoms with Crippen LogP contribution >= 0.6 is 0 Å². The average molecular weight is 430 g/mol. The van der Waals surface area contributed by atoms with Crippen LogP contribution in [0.2, 0.25) is 0 Å². The highest BCUT2D eigenvalue weighted by Crippen LogP contribution is 2.27. The van der Waals surface area contributed by atoms with Crippen LogP contribution in [0.15, 0.2) is 18.2 Å². The number of unbranched alkanes of at least 4 members (excludes halogenated alkanes) is 1. The maximum Gasteiger partial charge on any atom is 0.407 e. The van der Waals surface area contributed by atoms with E-state index in [0.29, 0.717) is 6.54 Å². The van der Waals surface area contributed by atoms with E-state index < -0.39 is 16.8 Å². The Balaban J connectivity index is 1.84. The monoisotopic (exact) mass is 430 g/mol. The molecule has 1 amide bonds. The summed E-state index contributed by atoms with van der Waals surface area (Å²) in [7, 11) is 3.46. The zero-order valence-electron chi connectivity index (χ0n) is 20.2. The lowest BCUT2D eigenvalue weighted by molar-refractivity contribution is -0.114. The van der Waals surface area contributed by atoms with Crippen LogP contribution < -0.4 is 10.8 Å². The van der Waals surface area contributed by atoms with Crippen LogP contribution in [0.4, 0.5) is 4.79 Å². The van der Waals surface area contributed by atoms with E-state index in [2.05, 4.69) is 15.3 Å². The van der Waals surface area contributed by atoms with Gasteiger partial charge in [0, 0.05) is 20.1 Å². The Morgan fingerprint density at radius 3 is 2.45 bits per heavy atom. The van der Waals surface area contributed by atoms with Gasteiger partial charge in [-0.1, -0.05) is 11.5 Å². The molecule has 8 heteroatoms. The van der Waals surface area contributed by atoms with Crippen LogP contribution in [0, 0.1) is 0 Å². The smallest absolute Gasteiger partial charge is 0.407 e. The van der Waals surface area contributed by atoms with Crippen molar-refractivity contribution in [2.75, 3.05) is 13.7 Å². The number of H-pyrrole nitrogens is 1. The lowest BCUT2D eigenvalue weighted by atomic mass is 9.82. The van der Waals surface area contributed by atoms with Crippen molar-refractivity contribution in [3.8, 4) is 0 Å². The molecule has 0 saturated heterocycles. The number of nitrogens with zero attached hydrogens (tertiary/aromatic N) is 1. The third kappa shape index (κ3) is 7.54. The number of aromatic amines is 1. The molecule has 31 heavy (non-hydrogen) atoms. The summed E-state index contributed by atoms with van der Waals surface area (Å²) in [5.41, 5.74) is 1.48. The third-order valence-corrected chi connectivity index (χ3v) is 5.51. The molecule has 171 valence electrons. The number of hydrogen-bond donors (Lipinski definition) is 2. The van der Waals surface area contributed by atoms with Crippen LogP contribution in [0.1, 0.15) is 67.1 Å². The fourth-order valence-corrected chi connectivity index (χ4v) is 2.80. The summed E-state index contributed by atoms with van der Waals surface area (Å²) < 4.78 is 16.8. The first kappa shape index (κ1) is 25.2. The number of aryl methyl sites for hydroxylation is 1. The summed E-state index contributed by atoms with van der Waals surface area (Å²) >= 11 is 0. The molecule has 1 aromatic heterocycles. The van der Waals surface area contributed by atoms with Crippen LogP contribution in [0.25, 0.3) is 11.0 Å². The van der Waals surface area contributed by atoms with E-state index in [9.17, 15) is 4.79 Å². The molecule has 0 saturated carbocycles. The van der Waals surface area contributed by atoms with Crippen molar-refractivity contribution < 1.29 is 18.9 Å². The molecule has 2 aromatic rings. The number of nitrogens with one attached hydrogen (secondary N) is 2. The number of carbonyl (C=O) groups is 1. The van der Waals surface area contributed by atoms with Gasteiger partial charge in [-0.3, -0.25) is 0 Å². The van der Waals surface area contributed by atoms with Gasteiger partial charge in [-0.15, -0.1) is 0 Å². The normalized spacial score (nSPS) is 12.8. The number of carbonyl (C=O) groups excluding carboxylic acids is 1. The zero-order valence-corrected chi connectivity index (χ0v) is 20.2. The van der Waals surface area contributed by atoms with Crippen molar-refractivity contribution in [1.29, 1.82) is 0 Å². The largest absolute Gasteiger partial charge is 0.444 e. The second-order valence-electron chi connectivity index (χ2n) is 9.81. The molecule has 0 aliphatic rings. The molecule has 0 spiro atoms. The molecule has 2 N–H and O–H groups in total. The van der Waals surface area contributed by atoms with Crippen molar-refractivity contribution in [3.05, 3.63) is 24.0 Å². The Kier molecular flexibility index (Phi) is 8.17. The number of methoxy groups -OCH3 is 1. The third-order valence-electron chi connectivity index (χ3n) is 5.51. The van der Waals surface area contributed by atoms with Gasteiger partial charge in [0.1, 0.15) is 11.4 Å². The van der Waals surface area contributed by atoms with Crippen molar-refractivity contribution in [2.45, 2.75) is 84.5 Å². The summed E-state index contributed by atoms with van der Waals surface area (Å²) in [6, 6.07) is 6.02. The topological polar surface area (TPSA) is 85.5 Å². The van der Waals surface area contributed by atoms with Crippen LogP contribution in [0.3, 0.4) is 0 Å². The molecule has 1 aromatic carbocycles. The molecule has 2 rings (SSSR count). The zero-order chi connectivity index (χ0) is 23.3. The van der Waals surface area contributed by atoms with Gasteiger partial charge in [-0.05, 0) is 73.4 Å². The number of benzene rings is 1. The number of ether oxygens (including phenoxy) is 2. The fraction of sp³-hybridized carbons (Fsp3) is 0.652. The number of aromatic nitrogens is 2. The minimum atomic E-state index is -0.483. The van der Waals surface area contributed by atoms with Crippen LogP contribution in [-0.4, -0.2) is 54.0 Å². The van der Waals surface area contributed by atoms with E-state index in [1.54, 1.807) is 14.6 Å². The Morgan fingerprint density at radius 1 is 1.10 bits per heavy atom. The van der Waals surface area contributed by atoms with Gasteiger partial charge in [-0.25, -0.2) is 9.78 Å². The van der Waals surface area contributed by atoms with E-state index in [1.807, 2.05) is 66.7 Å². The second-order valence-corrected chi connectivity index (χ2v) is 9.81. The van der Waals surface area contributed by atoms with Gasteiger partial charge in [0.15, 0.2) is 0 Å². The molecule has 0 bridgehead atoms. The van der Waals surface area contributed by atoms with Gasteiger partial charge in [0.2, 0.25) is 0 Å². The minimum Gasteiger partial charge on any atom is -0.444 e. The SMILES string of the molecule is COC(C)(C)C(C)(C)O[B]c1ccc2nc(CCCCNC(=O)OC(C)(C)C)[nH]c2c1. The highest BCUT2D eigenvalue weighted by atomic mass is 16.6. The molecule has 1 radical (unpaired) electrons. The van der Waals surface area contributed by atoms with E-state index in [0.717, 1.165) is 41.6 Å². The molecule has 0 unspecified atom stereocenters. The molecule has 0 fully saturated rings. The molecule has 7 nitrogen and oxygen atoms in total. The van der Waals surface area contributed by atoms with Crippen LogP contribution in [0.5, 0.6) is 0 Å². The Bertz CT molecular complexity index is 871. The average Bonchev–Trinajstić information content (AvgIpc) is 3.06. The summed E-state index contributed by atoms with van der Waals surface area (Å²) in [6.45, 7) is 14.2. The molecule has 0 aliphatic carbocycles. The Hall–Kier alpha value is -2.06. The summed E-state index contributed by atoms with van der Waals surface area (Å²) in [5, 5.41) is 2.78. The predicted molar refractivity (Wildman–Crippen MR) is 125 cm³/mol. The van der Waals surface area contributed by atoms with E-state index >= 15 is 0 Å². The standard InChI is InChI=1S/C23H37BN3O4/c1-21(2,3)30-20(28)25-14-10-9-11-19-26-17-13-12-16(15-18(17)27-19)24-31-23(6,7)22(4,5)29-8/h12-13,15H,9-11,14H2,1-8H3,(H,25,28)(H,26,27). The first-order valence-electron chi connectivity index (χ1n) is 10.8. The number of rotatable bonds is 10. The van der Waals surface area contributed by atoms with Gasteiger partial charge in [-0.2, -0.15) is 0 Å². The number of hydrogen-bond acceptors (Lipinski definition) is 5. The first-order chi connectivity index (χ1) is 14.3. The van der Waals surface area contributed by atoms with E-state index in [-0.39, 0.29) is 6.09 Å². The summed E-state index contributed by atoms with van der Waals surface area (Å²) in [5.74, 6) is 0.936. The van der Waals surface area contributed by atoms with Gasteiger partial charge >= 0.3 is 13.6 Å². The number of amides is 1. The Labute approximate surface area is 186 Å². The lowest BCUT2D eigenvalue weighted by Gasteiger charge is -2.40. The second kappa shape index (κ2) is 10.0. The van der Waals surface area contributed by atoms with E-state index in [4.69, 9.17) is 14.1 Å². The molecular weight excluding hydrogens is 393 g/mol. The fourth-order valence-electron chi connectivity index (χ4n) is 2.80. The highest BCUT2D eigenvalue weighted by Gasteiger charge is 2.37. The van der Waals surface area contributed by atoms with Gasteiger partial charge < -0.3 is 24.4 Å². The van der Waals surface area contributed by atoms with Gasteiger partial charge in [0.25, 0.3) is 0 Å². The minimum absolute atomic E-state index is 0.376. The number of imidazole rings is 1. The first-order valence-corrected chi connectivity index (χ1v) is 10.8. The quantitative estimate of drug-likeness (QED) is 0.442. The molecule has 0 aliphatic heterocycles. The highest BCUT2D eigenvalue weighted by molar-refractivity contribution is 6.47. The number of fused-ring (bicyclic) bond motifs is 1. The number of alkyl carbamates (subject to hydrolysis) is 1. The van der Waals surface area contributed by atoms with Crippen molar-refractivity contribution in [1.82, 2.24) is 15.3 Å². The summed E-state index contributed by atoms with van der Waals surface area (Å²) in [4.78, 5) is 19.7. The molecular formula is C23H37BN3O4. The molecule has 1 heterocycles. The van der Waals surface area contributed by atoms with Crippen molar-refractivity contribution in [2.24, 2.45) is 0 Å².